The quantitative estimate of drug-likeness (QED) is 0.127. The van der Waals surface area contributed by atoms with Crippen molar-refractivity contribution in [2.75, 3.05) is 19.6 Å². The summed E-state index contributed by atoms with van der Waals surface area (Å²) in [5.74, 6) is 0. The first-order valence-corrected chi connectivity index (χ1v) is 47.2. The van der Waals surface area contributed by atoms with E-state index < -0.39 is 12.1 Å². The Balaban J connectivity index is 0.000000190. The average molecular weight is 1690 g/mol. The third-order valence-corrected chi connectivity index (χ3v) is 30.6. The lowest BCUT2D eigenvalue weighted by atomic mass is 9.33. The third-order valence-electron chi connectivity index (χ3n) is 30.6. The Morgan fingerprint density at radius 1 is 0.283 bits per heavy atom. The fourth-order valence-corrected chi connectivity index (χ4v) is 21.9. The van der Waals surface area contributed by atoms with Crippen LogP contribution in [0.25, 0.3) is 22.3 Å². The maximum Gasteiger partial charge on any atom is 0.252 e. The van der Waals surface area contributed by atoms with Crippen molar-refractivity contribution in [2.24, 2.45) is 0 Å². The minimum atomic E-state index is -0.404. The van der Waals surface area contributed by atoms with Crippen LogP contribution in [0.1, 0.15) is 337 Å². The second kappa shape index (κ2) is 30.8. The van der Waals surface area contributed by atoms with E-state index in [4.69, 9.17) is 8.22 Å². The number of nitrogens with zero attached hydrogens (tertiary/aromatic N) is 4. The van der Waals surface area contributed by atoms with E-state index in [0.717, 1.165) is 142 Å². The van der Waals surface area contributed by atoms with Crippen molar-refractivity contribution in [1.82, 2.24) is 0 Å². The minimum Gasteiger partial charge on any atom is -0.311 e. The van der Waals surface area contributed by atoms with E-state index >= 15 is 0 Å². The molecule has 0 unspecified atom stereocenters. The molecule has 4 aliphatic carbocycles. The zero-order valence-electron chi connectivity index (χ0n) is 92.3. The van der Waals surface area contributed by atoms with Crippen molar-refractivity contribution in [3.8, 4) is 22.3 Å². The molecular weight excluding hydrogens is 1530 g/mol. The number of aryl methyl sites for hydroxylation is 2. The van der Waals surface area contributed by atoms with Crippen LogP contribution in [-0.2, 0) is 65.0 Å². The topological polar surface area (TPSA) is 13.0 Å². The summed E-state index contributed by atoms with van der Waals surface area (Å²) < 4.78 is 90.0. The third kappa shape index (κ3) is 16.1. The molecule has 5 heteroatoms. The Labute approximate surface area is 780 Å². The highest BCUT2D eigenvalue weighted by Gasteiger charge is 2.49. The number of hydrogen-bond acceptors (Lipinski definition) is 4. The molecule has 0 amide bonds. The maximum atomic E-state index is 9.42. The van der Waals surface area contributed by atoms with Crippen LogP contribution < -0.4 is 36.0 Å². The highest BCUT2D eigenvalue weighted by atomic mass is 15.2. The molecule has 4 nitrogen and oxygen atoms in total. The summed E-state index contributed by atoms with van der Waals surface area (Å²) >= 11 is 0. The van der Waals surface area contributed by atoms with E-state index in [1.807, 2.05) is 6.07 Å². The summed E-state index contributed by atoms with van der Waals surface area (Å²) in [5.41, 5.74) is 34.6. The normalized spacial score (nSPS) is 19.1. The number of benzene rings is 12. The Morgan fingerprint density at radius 3 is 1.16 bits per heavy atom. The van der Waals surface area contributed by atoms with Gasteiger partial charge in [-0.25, -0.2) is 0 Å². The summed E-state index contributed by atoms with van der Waals surface area (Å²) in [6, 6.07) is 63.6. The molecule has 656 valence electrons. The highest BCUT2D eigenvalue weighted by molar-refractivity contribution is 7.00. The van der Waals surface area contributed by atoms with Crippen LogP contribution in [0.3, 0.4) is 0 Å². The standard InChI is InChI=1S/C61H71BN2.C61H74N2/c1-38-31-53-55-54(32-38)64(50-26-22-40(56(2,3)4)33-43(50)39-19-17-16-18-20-39)51-34-41(57(5,6)7)21-25-48(51)62(55)49-36-46-47(61(14,15)30-29-60(46,12)13)37-52(49)63(53)42-23-24-44-45(35-42)59(10,11)28-27-58(44,8)9;1-41-34-48(62(46-25-27-51-53(39-46)60(12,13)32-30-58(51,8)9)47-26-28-52-54(40-47)61(14,15)33-31-59(52,10)11)38-49(35-41)63(45-23-19-22-43(36-45)56(2,3)4)55-29-24-44(57(5,6)7)37-50(55)42-20-17-16-18-21-42/h16-26,31-37H,27-30H2,1-15H3;16-29,34-40H,30-33H2,1-15H3/i16D,17D,18D,19D,20D;16D,17D,18D,20D,21D. The van der Waals surface area contributed by atoms with E-state index in [2.05, 4.69) is 397 Å². The summed E-state index contributed by atoms with van der Waals surface area (Å²) in [7, 11) is 0. The van der Waals surface area contributed by atoms with Crippen LogP contribution in [0.2, 0.25) is 0 Å². The summed E-state index contributed by atoms with van der Waals surface area (Å²) in [4.78, 5) is 9.65. The number of fused-ring (bicyclic) bond motifs is 8. The van der Waals surface area contributed by atoms with Gasteiger partial charge in [0.25, 0.3) is 6.71 Å². The SMILES string of the molecule is [2H]c1c([2H])c([2H])c(-c2cc(C(C)(C)C)ccc2N(c2cc(C)cc(N(c3ccc4c(c3)C(C)(C)CCC4(C)C)c3ccc4c(c3)C(C)(C)CCC4(C)C)c2)c2cccc(C(C)(C)C)c2)c([2H])c1[2H].[2H]c1c([2H])c([2H])c(-c2cc(C(C)(C)C)ccc2N2c3cc(C(C)(C)C)ccc3B3c4cc5c(cc4N(c4ccc6c(c4)C(C)(C)CCC6(C)C)c4cc(C)cc2c43)C(C)(C)CCC5(C)C)c([2H])c1[2H]. The molecule has 0 atom stereocenters. The van der Waals surface area contributed by atoms with Gasteiger partial charge in [0.2, 0.25) is 0 Å². The molecule has 6 aliphatic rings. The fraction of sp³-hybridized carbons (Fsp3) is 0.410. The Bertz CT molecular complexity index is 6830. The average Bonchev–Trinajstić information content (AvgIpc) is 0.678. The molecule has 0 bridgehead atoms. The zero-order chi connectivity index (χ0) is 99.9. The number of rotatable bonds is 10. The number of anilines is 12. The van der Waals surface area contributed by atoms with Gasteiger partial charge < -0.3 is 19.6 Å². The van der Waals surface area contributed by atoms with Crippen LogP contribution in [-0.4, -0.2) is 6.71 Å². The van der Waals surface area contributed by atoms with Crippen LogP contribution in [0, 0.1) is 13.8 Å². The van der Waals surface area contributed by atoms with Gasteiger partial charge in [0.05, 0.1) is 25.1 Å². The molecule has 0 aromatic heterocycles. The second-order valence-corrected chi connectivity index (χ2v) is 48.0. The fourth-order valence-electron chi connectivity index (χ4n) is 21.9. The second-order valence-electron chi connectivity index (χ2n) is 48.0. The first-order valence-electron chi connectivity index (χ1n) is 52.2. The summed E-state index contributed by atoms with van der Waals surface area (Å²) in [6.07, 6.45) is 9.01. The van der Waals surface area contributed by atoms with Crippen LogP contribution in [0.4, 0.5) is 68.2 Å². The molecule has 0 radical (unpaired) electrons. The molecular formula is C122H145BN4. The van der Waals surface area contributed by atoms with Crippen molar-refractivity contribution < 1.29 is 13.7 Å². The predicted octanol–water partition coefficient (Wildman–Crippen LogP) is 32.9. The smallest absolute Gasteiger partial charge is 0.252 e. The molecule has 0 saturated heterocycles. The van der Waals surface area contributed by atoms with Gasteiger partial charge in [0.1, 0.15) is 0 Å². The van der Waals surface area contributed by atoms with E-state index in [0.29, 0.717) is 11.1 Å². The Kier molecular flexibility index (Phi) is 18.6. The van der Waals surface area contributed by atoms with Crippen molar-refractivity contribution in [2.45, 2.75) is 324 Å². The zero-order valence-corrected chi connectivity index (χ0v) is 82.3. The molecule has 0 N–H and O–H groups in total. The van der Waals surface area contributed by atoms with Crippen LogP contribution in [0.15, 0.2) is 236 Å². The van der Waals surface area contributed by atoms with Gasteiger partial charge >= 0.3 is 0 Å². The van der Waals surface area contributed by atoms with Crippen LogP contribution in [0.5, 0.6) is 0 Å². The lowest BCUT2D eigenvalue weighted by molar-refractivity contribution is 0.332. The molecule has 2 heterocycles. The van der Waals surface area contributed by atoms with Crippen molar-refractivity contribution in [3.05, 3.63) is 314 Å². The molecule has 18 rings (SSSR count). The monoisotopic (exact) mass is 1690 g/mol. The first-order chi connectivity index (χ1) is 63.4. The van der Waals surface area contributed by atoms with Gasteiger partial charge in [0.15, 0.2) is 0 Å². The van der Waals surface area contributed by atoms with Crippen molar-refractivity contribution >= 4 is 91.3 Å². The summed E-state index contributed by atoms with van der Waals surface area (Å²) in [6.45, 7) is 69.1. The molecule has 0 spiro atoms. The van der Waals surface area contributed by atoms with E-state index in [9.17, 15) is 5.48 Å². The van der Waals surface area contributed by atoms with Gasteiger partial charge in [-0.05, 0) is 351 Å². The number of hydrogen-bond donors (Lipinski definition) is 0. The Morgan fingerprint density at radius 2 is 0.661 bits per heavy atom. The highest BCUT2D eigenvalue weighted by Crippen LogP contribution is 2.58. The Hall–Kier alpha value is -10.1. The van der Waals surface area contributed by atoms with Gasteiger partial charge in [0, 0.05) is 68.0 Å². The van der Waals surface area contributed by atoms with E-state index in [-0.39, 0.29) is 131 Å². The lowest BCUT2D eigenvalue weighted by Gasteiger charge is -2.48. The van der Waals surface area contributed by atoms with Crippen molar-refractivity contribution in [3.63, 3.8) is 0 Å². The lowest BCUT2D eigenvalue weighted by Crippen LogP contribution is -2.62. The van der Waals surface area contributed by atoms with Gasteiger partial charge in [-0.2, -0.15) is 0 Å². The van der Waals surface area contributed by atoms with E-state index in [1.54, 1.807) is 0 Å². The van der Waals surface area contributed by atoms with Gasteiger partial charge in [-0.15, -0.1) is 0 Å². The van der Waals surface area contributed by atoms with Gasteiger partial charge in [-0.1, -0.05) is 315 Å². The largest absolute Gasteiger partial charge is 0.311 e. The molecule has 12 aromatic carbocycles. The summed E-state index contributed by atoms with van der Waals surface area (Å²) in [5, 5.41) is 0. The van der Waals surface area contributed by atoms with Crippen molar-refractivity contribution in [1.29, 1.82) is 0 Å². The first kappa shape index (κ1) is 76.9. The van der Waals surface area contributed by atoms with Gasteiger partial charge in [-0.3, -0.25) is 0 Å². The molecule has 2 aliphatic heterocycles. The van der Waals surface area contributed by atoms with Crippen LogP contribution >= 0.6 is 0 Å². The minimum absolute atomic E-state index is 0.0000535. The van der Waals surface area contributed by atoms with E-state index in [1.165, 1.54) is 72.1 Å². The molecule has 12 aromatic rings. The molecule has 0 saturated carbocycles. The maximum absolute atomic E-state index is 9.42. The predicted molar refractivity (Wildman–Crippen MR) is 553 cm³/mol. The molecule has 127 heavy (non-hydrogen) atoms. The molecule has 0 fully saturated rings.